The number of esters is 2. The van der Waals surface area contributed by atoms with E-state index in [0.717, 1.165) is 38.6 Å². The number of benzene rings is 2. The quantitative estimate of drug-likeness (QED) is 0.382. The average molecular weight is 557 g/mol. The molecule has 0 unspecified atom stereocenters. The second kappa shape index (κ2) is 9.79. The van der Waals surface area contributed by atoms with Crippen molar-refractivity contribution in [1.82, 2.24) is 0 Å². The summed E-state index contributed by atoms with van der Waals surface area (Å²) in [5.41, 5.74) is 0.762. The van der Waals surface area contributed by atoms with Gasteiger partial charge in [-0.1, -0.05) is 56.7 Å². The lowest BCUT2D eigenvalue weighted by Gasteiger charge is -2.64. The highest BCUT2D eigenvalue weighted by atomic mass is 16.5. The van der Waals surface area contributed by atoms with E-state index < -0.39 is 11.5 Å². The van der Waals surface area contributed by atoms with Crippen molar-refractivity contribution in [1.29, 1.82) is 0 Å². The summed E-state index contributed by atoms with van der Waals surface area (Å²) >= 11 is 0. The minimum atomic E-state index is -0.473. The van der Waals surface area contributed by atoms with Crippen LogP contribution in [0.25, 0.3) is 0 Å². The zero-order valence-corrected chi connectivity index (χ0v) is 24.2. The van der Waals surface area contributed by atoms with Gasteiger partial charge in [-0.2, -0.15) is 0 Å². The van der Waals surface area contributed by atoms with Gasteiger partial charge in [-0.3, -0.25) is 0 Å². The summed E-state index contributed by atoms with van der Waals surface area (Å²) < 4.78 is 14.6. The van der Waals surface area contributed by atoms with E-state index in [-0.39, 0.29) is 40.7 Å². The summed E-state index contributed by atoms with van der Waals surface area (Å²) in [6.07, 6.45) is 7.97. The number of rotatable bonds is 6. The van der Waals surface area contributed by atoms with Crippen molar-refractivity contribution in [3.05, 3.63) is 71.8 Å². The number of ether oxygens (including phenoxy) is 2. The molecule has 4 aliphatic carbocycles. The van der Waals surface area contributed by atoms with Gasteiger partial charge in [0.05, 0.1) is 22.6 Å². The molecule has 0 amide bonds. The molecule has 5 aliphatic rings. The van der Waals surface area contributed by atoms with E-state index in [2.05, 4.69) is 24.6 Å². The van der Waals surface area contributed by atoms with Crippen molar-refractivity contribution >= 4 is 18.2 Å². The van der Waals surface area contributed by atoms with Crippen LogP contribution in [-0.4, -0.2) is 59.7 Å². The molecule has 2 aromatic carbocycles. The van der Waals surface area contributed by atoms with Crippen molar-refractivity contribution in [2.24, 2.45) is 39.9 Å². The first kappa shape index (κ1) is 26.9. The number of hydrogen-bond acceptors (Lipinski definition) is 5. The van der Waals surface area contributed by atoms with Crippen LogP contribution in [0.1, 0.15) is 73.1 Å². The Morgan fingerprint density at radius 2 is 1.63 bits per heavy atom. The van der Waals surface area contributed by atoms with Crippen LogP contribution in [0, 0.1) is 39.9 Å². The predicted molar refractivity (Wildman–Crippen MR) is 155 cm³/mol. The standard InChI is InChI=1S/C35H42NO5/c1-23-26-18-28-34-15-9-14-33(2,21-36(22-34)16-17-40-31(38)24-10-5-3-6-11-24)27(34)19-29(35(28,20-26)30(23)37)41-32(39)25-12-7-4-8-13-25/h3-8,10-13,22-23,26-30,37H,9,14-21H2,1-2H3/q+1/t23-,26-,27-,28-,29+,30-,33+,34+,35-/m1/s1. The Kier molecular flexibility index (Phi) is 6.42. The molecule has 6 nitrogen and oxygen atoms in total. The van der Waals surface area contributed by atoms with Crippen LogP contribution in [0.5, 0.6) is 0 Å². The first-order valence-electron chi connectivity index (χ1n) is 15.5. The van der Waals surface area contributed by atoms with Crippen molar-refractivity contribution in [3.63, 3.8) is 0 Å². The third-order valence-electron chi connectivity index (χ3n) is 12.0. The summed E-state index contributed by atoms with van der Waals surface area (Å²) in [4.78, 5) is 26.0. The number of fused-ring (bicyclic) bond motifs is 1. The van der Waals surface area contributed by atoms with Gasteiger partial charge < -0.3 is 14.6 Å². The molecule has 7 rings (SSSR count). The normalized spacial score (nSPS) is 40.2. The van der Waals surface area contributed by atoms with Crippen LogP contribution >= 0.6 is 0 Å². The summed E-state index contributed by atoms with van der Waals surface area (Å²) in [7, 11) is 0. The van der Waals surface area contributed by atoms with Gasteiger partial charge in [0, 0.05) is 10.8 Å². The molecule has 2 aromatic rings. The smallest absolute Gasteiger partial charge is 0.338 e. The highest BCUT2D eigenvalue weighted by molar-refractivity contribution is 5.90. The number of nitrogens with zero attached hydrogens (tertiary/aromatic N) is 1. The molecule has 41 heavy (non-hydrogen) atoms. The van der Waals surface area contributed by atoms with Gasteiger partial charge in [0.2, 0.25) is 0 Å². The fourth-order valence-electron chi connectivity index (χ4n) is 10.4. The number of aliphatic hydroxyl groups is 1. The summed E-state index contributed by atoms with van der Waals surface area (Å²) in [5, 5.41) is 11.9. The summed E-state index contributed by atoms with van der Waals surface area (Å²) in [6.45, 7) is 6.52. The third kappa shape index (κ3) is 4.04. The van der Waals surface area contributed by atoms with Gasteiger partial charge in [-0.05, 0) is 80.0 Å². The van der Waals surface area contributed by atoms with Gasteiger partial charge in [-0.15, -0.1) is 0 Å². The molecular weight excluding hydrogens is 514 g/mol. The van der Waals surface area contributed by atoms with Gasteiger partial charge in [0.1, 0.15) is 25.5 Å². The molecule has 4 fully saturated rings. The molecular formula is C35H42NO5+. The van der Waals surface area contributed by atoms with E-state index in [4.69, 9.17) is 9.47 Å². The van der Waals surface area contributed by atoms with Gasteiger partial charge in [0.25, 0.3) is 0 Å². The van der Waals surface area contributed by atoms with E-state index in [1.165, 1.54) is 6.42 Å². The first-order valence-corrected chi connectivity index (χ1v) is 15.5. The number of aliphatic hydroxyl groups excluding tert-OH is 1. The minimum Gasteiger partial charge on any atom is -0.458 e. The largest absolute Gasteiger partial charge is 0.458 e. The van der Waals surface area contributed by atoms with Crippen molar-refractivity contribution in [3.8, 4) is 0 Å². The van der Waals surface area contributed by atoms with Crippen LogP contribution in [0.2, 0.25) is 0 Å². The average Bonchev–Trinajstić information content (AvgIpc) is 3.50. The lowest BCUT2D eigenvalue weighted by molar-refractivity contribution is -0.559. The molecule has 216 valence electrons. The van der Waals surface area contributed by atoms with Crippen LogP contribution in [0.4, 0.5) is 0 Å². The van der Waals surface area contributed by atoms with E-state index >= 15 is 0 Å². The SMILES string of the molecule is C[C@@H]1[C@@H]2C[C@@H]3[C@]45C=[N+](CCOC(=O)c6ccccc6)C[C@](C)(CCC4)[C@H]5C[C@H](OC(=O)c4ccccc4)[C@]3(C2)[C@@H]1O. The summed E-state index contributed by atoms with van der Waals surface area (Å²) in [6, 6.07) is 18.5. The Hall–Kier alpha value is -2.99. The maximum absolute atomic E-state index is 13.4. The maximum Gasteiger partial charge on any atom is 0.338 e. The molecule has 6 heteroatoms. The van der Waals surface area contributed by atoms with E-state index in [0.29, 0.717) is 36.1 Å². The number of carbonyl (C=O) groups is 2. The number of hydrogen-bond donors (Lipinski definition) is 1. The molecule has 4 saturated carbocycles. The molecule has 1 aliphatic heterocycles. The Balaban J connectivity index is 1.20. The van der Waals surface area contributed by atoms with E-state index in [9.17, 15) is 14.7 Å². The zero-order valence-electron chi connectivity index (χ0n) is 24.2. The van der Waals surface area contributed by atoms with E-state index in [1.54, 1.807) is 12.1 Å². The highest BCUT2D eigenvalue weighted by Crippen LogP contribution is 2.75. The predicted octanol–water partition coefficient (Wildman–Crippen LogP) is 5.39. The Morgan fingerprint density at radius 1 is 0.951 bits per heavy atom. The monoisotopic (exact) mass is 556 g/mol. The Labute approximate surface area is 242 Å². The van der Waals surface area contributed by atoms with Crippen molar-refractivity contribution in [2.45, 2.75) is 64.6 Å². The van der Waals surface area contributed by atoms with Crippen LogP contribution in [0.3, 0.4) is 0 Å². The zero-order chi connectivity index (χ0) is 28.4. The molecule has 9 atom stereocenters. The van der Waals surface area contributed by atoms with Gasteiger partial charge in [-0.25, -0.2) is 14.2 Å². The van der Waals surface area contributed by atoms with Gasteiger partial charge >= 0.3 is 11.9 Å². The fourth-order valence-corrected chi connectivity index (χ4v) is 10.4. The molecule has 1 N–H and O–H groups in total. The fraction of sp³-hybridized carbons (Fsp3) is 0.571. The first-order chi connectivity index (χ1) is 19.8. The Morgan fingerprint density at radius 3 is 2.32 bits per heavy atom. The molecule has 1 spiro atoms. The summed E-state index contributed by atoms with van der Waals surface area (Å²) in [5.74, 6) is 0.765. The topological polar surface area (TPSA) is 75.8 Å². The second-order valence-corrected chi connectivity index (χ2v) is 13.9. The molecule has 4 bridgehead atoms. The van der Waals surface area contributed by atoms with Gasteiger partial charge in [0.15, 0.2) is 6.54 Å². The van der Waals surface area contributed by atoms with Crippen molar-refractivity contribution in [2.75, 3.05) is 19.7 Å². The molecule has 0 saturated heterocycles. The maximum atomic E-state index is 13.4. The Bertz CT molecular complexity index is 1360. The van der Waals surface area contributed by atoms with Crippen molar-refractivity contribution < 1.29 is 28.7 Å². The lowest BCUT2D eigenvalue weighted by Crippen LogP contribution is -2.69. The van der Waals surface area contributed by atoms with Crippen LogP contribution < -0.4 is 0 Å². The molecule has 0 aromatic heterocycles. The lowest BCUT2D eigenvalue weighted by atomic mass is 9.40. The van der Waals surface area contributed by atoms with E-state index in [1.807, 2.05) is 48.5 Å². The highest BCUT2D eigenvalue weighted by Gasteiger charge is 2.76. The number of carbonyl (C=O) groups excluding carboxylic acids is 2. The molecule has 1 heterocycles. The minimum absolute atomic E-state index is 0.0415. The second-order valence-electron chi connectivity index (χ2n) is 13.9. The van der Waals surface area contributed by atoms with Crippen LogP contribution in [0.15, 0.2) is 60.7 Å². The molecule has 0 radical (unpaired) electrons. The third-order valence-corrected chi connectivity index (χ3v) is 12.0. The van der Waals surface area contributed by atoms with Crippen LogP contribution in [-0.2, 0) is 9.47 Å².